The lowest BCUT2D eigenvalue weighted by Crippen LogP contribution is -2.04. The minimum atomic E-state index is -2.51. The van der Waals surface area contributed by atoms with Gasteiger partial charge in [-0.05, 0) is 31.4 Å². The second-order valence-corrected chi connectivity index (χ2v) is 6.14. The molecular formula is C18H17F2N3. The molecule has 0 bridgehead atoms. The van der Waals surface area contributed by atoms with Crippen LogP contribution in [0.1, 0.15) is 47.7 Å². The molecule has 23 heavy (non-hydrogen) atoms. The van der Waals surface area contributed by atoms with E-state index >= 15 is 0 Å². The fraction of sp³-hybridized carbons (Fsp3) is 0.333. The van der Waals surface area contributed by atoms with Gasteiger partial charge in [0.25, 0.3) is 6.43 Å². The van der Waals surface area contributed by atoms with Gasteiger partial charge in [0, 0.05) is 17.2 Å². The highest BCUT2D eigenvalue weighted by Gasteiger charge is 2.29. The summed E-state index contributed by atoms with van der Waals surface area (Å²) in [5, 5.41) is 4.97. The molecule has 1 aromatic carbocycles. The third kappa shape index (κ3) is 2.60. The lowest BCUT2D eigenvalue weighted by atomic mass is 10.1. The number of hydrogen-bond acceptors (Lipinski definition) is 2. The Morgan fingerprint density at radius 2 is 1.96 bits per heavy atom. The quantitative estimate of drug-likeness (QED) is 0.704. The zero-order valence-electron chi connectivity index (χ0n) is 12.8. The molecule has 3 aromatic rings. The Labute approximate surface area is 133 Å². The molecule has 0 atom stereocenters. The Morgan fingerprint density at radius 1 is 1.22 bits per heavy atom. The van der Waals surface area contributed by atoms with Crippen LogP contribution in [0.5, 0.6) is 0 Å². The van der Waals surface area contributed by atoms with Gasteiger partial charge in [0.1, 0.15) is 0 Å². The molecule has 0 amide bonds. The molecule has 0 saturated heterocycles. The summed E-state index contributed by atoms with van der Waals surface area (Å²) in [6, 6.07) is 11.5. The van der Waals surface area contributed by atoms with Gasteiger partial charge in [0.15, 0.2) is 5.65 Å². The number of hydrogen-bond donors (Lipinski definition) is 0. The van der Waals surface area contributed by atoms with E-state index in [0.29, 0.717) is 29.2 Å². The minimum absolute atomic E-state index is 0.0636. The smallest absolute Gasteiger partial charge is 0.243 e. The minimum Gasteiger partial charge on any atom is -0.243 e. The lowest BCUT2D eigenvalue weighted by Gasteiger charge is -2.08. The van der Waals surface area contributed by atoms with Crippen LogP contribution in [-0.4, -0.2) is 14.8 Å². The number of aryl methyl sites for hydroxylation is 1. The topological polar surface area (TPSA) is 30.7 Å². The van der Waals surface area contributed by atoms with Crippen molar-refractivity contribution in [1.29, 1.82) is 0 Å². The van der Waals surface area contributed by atoms with E-state index < -0.39 is 6.43 Å². The van der Waals surface area contributed by atoms with Crippen LogP contribution in [0.25, 0.3) is 11.0 Å². The average molecular weight is 313 g/mol. The molecule has 5 heteroatoms. The number of rotatable bonds is 4. The van der Waals surface area contributed by atoms with E-state index in [4.69, 9.17) is 0 Å². The van der Waals surface area contributed by atoms with Crippen molar-refractivity contribution in [1.82, 2.24) is 14.8 Å². The van der Waals surface area contributed by atoms with Crippen LogP contribution in [0.15, 0.2) is 36.4 Å². The van der Waals surface area contributed by atoms with Gasteiger partial charge < -0.3 is 0 Å². The third-order valence-electron chi connectivity index (χ3n) is 4.33. The van der Waals surface area contributed by atoms with E-state index in [1.165, 1.54) is 0 Å². The van der Waals surface area contributed by atoms with E-state index in [1.807, 2.05) is 30.3 Å². The summed E-state index contributed by atoms with van der Waals surface area (Å²) in [6.07, 6.45) is -0.439. The average Bonchev–Trinajstić information content (AvgIpc) is 3.34. The van der Waals surface area contributed by atoms with E-state index in [1.54, 1.807) is 17.7 Å². The number of aromatic nitrogens is 3. The van der Waals surface area contributed by atoms with Crippen molar-refractivity contribution in [2.75, 3.05) is 0 Å². The van der Waals surface area contributed by atoms with Crippen LogP contribution < -0.4 is 0 Å². The zero-order chi connectivity index (χ0) is 16.0. The highest BCUT2D eigenvalue weighted by Crippen LogP contribution is 2.41. The maximum atomic E-state index is 13.5. The zero-order valence-corrected chi connectivity index (χ0v) is 12.8. The molecule has 3 nitrogen and oxygen atoms in total. The van der Waals surface area contributed by atoms with Gasteiger partial charge in [-0.3, -0.25) is 0 Å². The summed E-state index contributed by atoms with van der Waals surface area (Å²) in [4.78, 5) is 4.66. The summed E-state index contributed by atoms with van der Waals surface area (Å²) >= 11 is 0. The Bertz CT molecular complexity index is 852. The maximum Gasteiger partial charge on any atom is 0.264 e. The summed E-state index contributed by atoms with van der Waals surface area (Å²) in [7, 11) is 0. The van der Waals surface area contributed by atoms with Gasteiger partial charge in [-0.15, -0.1) is 0 Å². The summed E-state index contributed by atoms with van der Waals surface area (Å²) in [5.41, 5.74) is 3.11. The number of halogens is 2. The Morgan fingerprint density at radius 3 is 2.61 bits per heavy atom. The first-order valence-corrected chi connectivity index (χ1v) is 7.83. The van der Waals surface area contributed by atoms with Crippen molar-refractivity contribution in [2.24, 2.45) is 0 Å². The van der Waals surface area contributed by atoms with E-state index in [9.17, 15) is 8.78 Å². The Kier molecular flexibility index (Phi) is 3.36. The largest absolute Gasteiger partial charge is 0.264 e. The fourth-order valence-corrected chi connectivity index (χ4v) is 3.03. The molecule has 2 aromatic heterocycles. The Balaban J connectivity index is 1.88. The molecule has 4 rings (SSSR count). The highest BCUT2D eigenvalue weighted by molar-refractivity contribution is 5.83. The fourth-order valence-electron chi connectivity index (χ4n) is 3.03. The molecule has 118 valence electrons. The van der Waals surface area contributed by atoms with Gasteiger partial charge in [0.2, 0.25) is 0 Å². The number of benzene rings is 1. The van der Waals surface area contributed by atoms with Crippen molar-refractivity contribution in [3.05, 3.63) is 58.9 Å². The van der Waals surface area contributed by atoms with Crippen LogP contribution in [0.2, 0.25) is 0 Å². The molecule has 0 N–H and O–H groups in total. The van der Waals surface area contributed by atoms with E-state index in [-0.39, 0.29) is 5.56 Å². The number of pyridine rings is 1. The van der Waals surface area contributed by atoms with Crippen molar-refractivity contribution in [3.63, 3.8) is 0 Å². The monoisotopic (exact) mass is 313 g/mol. The van der Waals surface area contributed by atoms with Crippen LogP contribution in [0, 0.1) is 6.92 Å². The number of alkyl halides is 2. The first kappa shape index (κ1) is 14.3. The van der Waals surface area contributed by atoms with E-state index in [0.717, 1.165) is 24.1 Å². The highest BCUT2D eigenvalue weighted by atomic mass is 19.3. The van der Waals surface area contributed by atoms with E-state index in [2.05, 4.69) is 10.1 Å². The van der Waals surface area contributed by atoms with Crippen molar-refractivity contribution in [2.45, 2.75) is 38.7 Å². The molecule has 0 unspecified atom stereocenters. The predicted molar refractivity (Wildman–Crippen MR) is 84.7 cm³/mol. The van der Waals surface area contributed by atoms with Gasteiger partial charge >= 0.3 is 0 Å². The van der Waals surface area contributed by atoms with Crippen molar-refractivity contribution >= 4 is 11.0 Å². The van der Waals surface area contributed by atoms with Crippen molar-refractivity contribution in [3.8, 4) is 0 Å². The molecule has 2 heterocycles. The molecular weight excluding hydrogens is 296 g/mol. The summed E-state index contributed by atoms with van der Waals surface area (Å²) in [6.45, 7) is 2.31. The van der Waals surface area contributed by atoms with Crippen LogP contribution in [-0.2, 0) is 6.54 Å². The first-order valence-electron chi connectivity index (χ1n) is 7.83. The van der Waals surface area contributed by atoms with Gasteiger partial charge in [-0.25, -0.2) is 18.4 Å². The molecule has 1 aliphatic rings. The predicted octanol–water partition coefficient (Wildman–Crippen LogP) is 4.60. The standard InChI is InChI=1S/C18H17F2N3/c1-11-16-14(17(19)20)9-15(13-7-8-13)21-18(16)23(22-11)10-12-5-3-2-4-6-12/h2-6,9,13,17H,7-8,10H2,1H3. The molecule has 0 radical (unpaired) electrons. The number of fused-ring (bicyclic) bond motifs is 1. The molecule has 0 spiro atoms. The van der Waals surface area contributed by atoms with Gasteiger partial charge in [-0.1, -0.05) is 30.3 Å². The van der Waals surface area contributed by atoms with Crippen molar-refractivity contribution < 1.29 is 8.78 Å². The van der Waals surface area contributed by atoms with Gasteiger partial charge in [-0.2, -0.15) is 5.10 Å². The SMILES string of the molecule is Cc1nn(Cc2ccccc2)c2nc(C3CC3)cc(C(F)F)c12. The Hall–Kier alpha value is -2.30. The lowest BCUT2D eigenvalue weighted by molar-refractivity contribution is 0.153. The second kappa shape index (κ2) is 5.41. The summed E-state index contributed by atoms with van der Waals surface area (Å²) in [5.74, 6) is 0.331. The normalized spacial score (nSPS) is 14.8. The molecule has 0 aliphatic heterocycles. The summed E-state index contributed by atoms with van der Waals surface area (Å²) < 4.78 is 28.8. The van der Waals surface area contributed by atoms with Gasteiger partial charge in [0.05, 0.1) is 17.6 Å². The number of nitrogens with zero attached hydrogens (tertiary/aromatic N) is 3. The maximum absolute atomic E-state index is 13.5. The molecule has 1 fully saturated rings. The van der Waals surface area contributed by atoms with Crippen LogP contribution in [0.3, 0.4) is 0 Å². The molecule has 1 saturated carbocycles. The second-order valence-electron chi connectivity index (χ2n) is 6.14. The molecule has 1 aliphatic carbocycles. The van der Waals surface area contributed by atoms with Crippen LogP contribution >= 0.6 is 0 Å². The van der Waals surface area contributed by atoms with Crippen LogP contribution in [0.4, 0.5) is 8.78 Å². The first-order chi connectivity index (χ1) is 11.1. The third-order valence-corrected chi connectivity index (χ3v) is 4.33.